The number of carbonyl (C=O) groups excluding carboxylic acids is 2. The molecule has 0 aliphatic carbocycles. The Kier molecular flexibility index (Phi) is 5.79. The Morgan fingerprint density at radius 2 is 1.41 bits per heavy atom. The zero-order valence-corrected chi connectivity index (χ0v) is 16.9. The number of furan rings is 2. The van der Waals surface area contributed by atoms with Gasteiger partial charge in [-0.1, -0.05) is 0 Å². The lowest BCUT2D eigenvalue weighted by Gasteiger charge is -2.05. The normalized spacial score (nSPS) is 11.0. The number of rotatable bonds is 4. The molecule has 0 unspecified atom stereocenters. The number of H-pyrrole nitrogens is 2. The van der Waals surface area contributed by atoms with E-state index in [2.05, 4.69) is 19.4 Å². The van der Waals surface area contributed by atoms with Crippen molar-refractivity contribution in [3.05, 3.63) is 47.2 Å². The zero-order valence-electron chi connectivity index (χ0n) is 16.9. The Hall–Kier alpha value is -3.46. The van der Waals surface area contributed by atoms with Crippen LogP contribution in [0.4, 0.5) is 0 Å². The van der Waals surface area contributed by atoms with Crippen LogP contribution in [0.3, 0.4) is 0 Å². The number of aromatic nitrogens is 2. The van der Waals surface area contributed by atoms with Gasteiger partial charge in [0.2, 0.25) is 0 Å². The van der Waals surface area contributed by atoms with Gasteiger partial charge in [-0.2, -0.15) is 0 Å². The number of fused-ring (bicyclic) bond motifs is 2. The largest absolute Gasteiger partial charge is 0.464 e. The van der Waals surface area contributed by atoms with E-state index in [0.717, 1.165) is 29.1 Å². The van der Waals surface area contributed by atoms with Gasteiger partial charge in [0.1, 0.15) is 22.9 Å². The first-order valence-corrected chi connectivity index (χ1v) is 8.82. The number of nitrogens with one attached hydrogen (secondary N) is 2. The summed E-state index contributed by atoms with van der Waals surface area (Å²) in [5, 5.41) is 0. The molecule has 9 nitrogen and oxygen atoms in total. The predicted octanol–water partition coefficient (Wildman–Crippen LogP) is 3.47. The molecule has 4 aromatic heterocycles. The van der Waals surface area contributed by atoms with Gasteiger partial charge in [-0.25, -0.2) is 9.59 Å². The van der Waals surface area contributed by atoms with E-state index in [1.807, 2.05) is 38.1 Å². The Morgan fingerprint density at radius 3 is 1.86 bits per heavy atom. The molecule has 2 N–H and O–H groups in total. The summed E-state index contributed by atoms with van der Waals surface area (Å²) in [6.45, 7) is 2.59. The van der Waals surface area contributed by atoms with E-state index in [0.29, 0.717) is 22.6 Å². The summed E-state index contributed by atoms with van der Waals surface area (Å²) in [6, 6.07) is 7.01. The highest BCUT2D eigenvalue weighted by atomic mass is 16.5. The maximum Gasteiger partial charge on any atom is 0.354 e. The zero-order chi connectivity index (χ0) is 21.1. The first kappa shape index (κ1) is 20.3. The third-order valence-electron chi connectivity index (χ3n) is 4.07. The van der Waals surface area contributed by atoms with Crippen LogP contribution in [0.25, 0.3) is 22.2 Å². The van der Waals surface area contributed by atoms with E-state index < -0.39 is 0 Å². The topological polar surface area (TPSA) is 114 Å². The number of esters is 2. The fourth-order valence-corrected chi connectivity index (χ4v) is 2.85. The van der Waals surface area contributed by atoms with Gasteiger partial charge >= 0.3 is 11.9 Å². The van der Waals surface area contributed by atoms with Crippen molar-refractivity contribution in [3.63, 3.8) is 0 Å². The van der Waals surface area contributed by atoms with Gasteiger partial charge < -0.3 is 33.2 Å². The van der Waals surface area contributed by atoms with Crippen LogP contribution in [-0.4, -0.2) is 55.1 Å². The molecule has 0 fully saturated rings. The molecular weight excluding hydrogens is 378 g/mol. The second-order valence-corrected chi connectivity index (χ2v) is 6.71. The van der Waals surface area contributed by atoms with Crippen molar-refractivity contribution in [3.8, 4) is 0 Å². The Morgan fingerprint density at radius 1 is 0.897 bits per heavy atom. The molecule has 0 atom stereocenters. The molecule has 4 aromatic rings. The van der Waals surface area contributed by atoms with Crippen LogP contribution < -0.4 is 0 Å². The lowest BCUT2D eigenvalue weighted by atomic mass is 10.4. The van der Waals surface area contributed by atoms with E-state index in [4.69, 9.17) is 8.83 Å². The molecule has 9 heteroatoms. The SMILES string of the molecule is COC(=O)c1cc2oc(C)cc2[nH]1.COC(=O)c1cc2oc(CN(C)C)cc2[nH]1. The molecule has 0 aliphatic heterocycles. The maximum absolute atomic E-state index is 11.2. The number of hydrogen-bond donors (Lipinski definition) is 2. The standard InChI is InChI=1S/C11H14N2O3.C9H9NO3/c1-13(2)6-7-4-8-10(16-7)5-9(12-8)11(14)15-3;1-5-3-6-8(13-5)4-7(10-6)9(11)12-2/h4-5,12H,6H2,1-3H3;3-4,10H,1-2H3. The predicted molar refractivity (Wildman–Crippen MR) is 106 cm³/mol. The average Bonchev–Trinajstić information content (AvgIpc) is 3.39. The first-order valence-electron chi connectivity index (χ1n) is 8.82. The van der Waals surface area contributed by atoms with Crippen LogP contribution in [0.5, 0.6) is 0 Å². The molecule has 0 aliphatic rings. The fourth-order valence-electron chi connectivity index (χ4n) is 2.85. The van der Waals surface area contributed by atoms with E-state index in [1.165, 1.54) is 14.2 Å². The Bertz CT molecular complexity index is 1080. The van der Waals surface area contributed by atoms with Crippen molar-refractivity contribution in [2.45, 2.75) is 13.5 Å². The lowest BCUT2D eigenvalue weighted by molar-refractivity contribution is 0.0586. The minimum absolute atomic E-state index is 0.385. The number of aryl methyl sites for hydroxylation is 1. The lowest BCUT2D eigenvalue weighted by Crippen LogP contribution is -2.09. The number of methoxy groups -OCH3 is 2. The number of carbonyl (C=O) groups is 2. The van der Waals surface area contributed by atoms with E-state index in [-0.39, 0.29) is 11.9 Å². The maximum atomic E-state index is 11.2. The summed E-state index contributed by atoms with van der Waals surface area (Å²) in [7, 11) is 6.63. The van der Waals surface area contributed by atoms with Gasteiger partial charge in [-0.05, 0) is 21.0 Å². The van der Waals surface area contributed by atoms with Gasteiger partial charge in [0.15, 0.2) is 11.2 Å². The van der Waals surface area contributed by atoms with Crippen molar-refractivity contribution in [1.82, 2.24) is 14.9 Å². The van der Waals surface area contributed by atoms with Crippen molar-refractivity contribution in [2.75, 3.05) is 28.3 Å². The van der Waals surface area contributed by atoms with Gasteiger partial charge in [-0.3, -0.25) is 0 Å². The molecule has 0 spiro atoms. The number of aromatic amines is 2. The molecule has 0 saturated heterocycles. The molecule has 29 heavy (non-hydrogen) atoms. The van der Waals surface area contributed by atoms with Crippen LogP contribution >= 0.6 is 0 Å². The molecular formula is C20H23N3O6. The highest BCUT2D eigenvalue weighted by molar-refractivity contribution is 5.93. The molecule has 154 valence electrons. The average molecular weight is 401 g/mol. The third kappa shape index (κ3) is 4.52. The van der Waals surface area contributed by atoms with Gasteiger partial charge in [0.25, 0.3) is 0 Å². The summed E-state index contributed by atoms with van der Waals surface area (Å²) in [4.78, 5) is 30.2. The van der Waals surface area contributed by atoms with Crippen LogP contribution in [0, 0.1) is 6.92 Å². The summed E-state index contributed by atoms with van der Waals surface area (Å²) < 4.78 is 20.0. The molecule has 0 bridgehead atoms. The van der Waals surface area contributed by atoms with Crippen LogP contribution in [0.15, 0.2) is 33.1 Å². The van der Waals surface area contributed by atoms with Gasteiger partial charge in [-0.15, -0.1) is 0 Å². The molecule has 0 amide bonds. The van der Waals surface area contributed by atoms with Crippen molar-refractivity contribution in [2.24, 2.45) is 0 Å². The Balaban J connectivity index is 0.000000169. The van der Waals surface area contributed by atoms with Gasteiger partial charge in [0.05, 0.1) is 31.8 Å². The summed E-state index contributed by atoms with van der Waals surface area (Å²) in [5.41, 5.74) is 3.81. The molecule has 0 saturated carbocycles. The molecule has 0 radical (unpaired) electrons. The highest BCUT2D eigenvalue weighted by Gasteiger charge is 2.13. The highest BCUT2D eigenvalue weighted by Crippen LogP contribution is 2.21. The van der Waals surface area contributed by atoms with Crippen molar-refractivity contribution in [1.29, 1.82) is 0 Å². The van der Waals surface area contributed by atoms with Crippen LogP contribution in [0.1, 0.15) is 32.5 Å². The van der Waals surface area contributed by atoms with E-state index in [1.54, 1.807) is 12.1 Å². The molecule has 4 rings (SSSR count). The second-order valence-electron chi connectivity index (χ2n) is 6.71. The smallest absolute Gasteiger partial charge is 0.354 e. The van der Waals surface area contributed by atoms with Crippen LogP contribution in [0.2, 0.25) is 0 Å². The quantitative estimate of drug-likeness (QED) is 0.503. The molecule has 4 heterocycles. The summed E-state index contributed by atoms with van der Waals surface area (Å²) in [5.74, 6) is 0.907. The number of hydrogen-bond acceptors (Lipinski definition) is 7. The Labute approximate surface area is 166 Å². The minimum atomic E-state index is -0.388. The molecule has 0 aromatic carbocycles. The summed E-state index contributed by atoms with van der Waals surface area (Å²) in [6.07, 6.45) is 0. The van der Waals surface area contributed by atoms with Gasteiger partial charge in [0, 0.05) is 24.3 Å². The first-order chi connectivity index (χ1) is 13.8. The number of nitrogens with zero attached hydrogens (tertiary/aromatic N) is 1. The number of ether oxygens (including phenoxy) is 2. The minimum Gasteiger partial charge on any atom is -0.464 e. The summed E-state index contributed by atoms with van der Waals surface area (Å²) >= 11 is 0. The van der Waals surface area contributed by atoms with Crippen molar-refractivity contribution < 1.29 is 27.9 Å². The van der Waals surface area contributed by atoms with E-state index >= 15 is 0 Å². The third-order valence-corrected chi connectivity index (χ3v) is 4.07. The van der Waals surface area contributed by atoms with E-state index in [9.17, 15) is 9.59 Å². The fraction of sp³-hybridized carbons (Fsp3) is 0.300. The monoisotopic (exact) mass is 401 g/mol. The second kappa shape index (κ2) is 8.27. The van der Waals surface area contributed by atoms with Crippen molar-refractivity contribution >= 4 is 34.1 Å². The van der Waals surface area contributed by atoms with Crippen LogP contribution in [-0.2, 0) is 16.0 Å².